The van der Waals surface area contributed by atoms with E-state index in [4.69, 9.17) is 22.3 Å². The fourth-order valence-electron chi connectivity index (χ4n) is 3.48. The van der Waals surface area contributed by atoms with Gasteiger partial charge in [0.2, 0.25) is 0 Å². The first-order chi connectivity index (χ1) is 17.4. The molecule has 0 bridgehead atoms. The Kier molecular flexibility index (Phi) is 12.9. The third kappa shape index (κ3) is 10.8. The van der Waals surface area contributed by atoms with Crippen molar-refractivity contribution in [1.29, 1.82) is 0 Å². The molecule has 0 fully saturated rings. The Balaban J connectivity index is 1.86. The van der Waals surface area contributed by atoms with Gasteiger partial charge in [-0.25, -0.2) is 9.78 Å². The largest absolute Gasteiger partial charge is 0.395 e. The summed E-state index contributed by atoms with van der Waals surface area (Å²) >= 11 is 0. The molecule has 0 aliphatic rings. The molecular formula is C23H38N10O3. The van der Waals surface area contributed by atoms with Gasteiger partial charge in [-0.1, -0.05) is 0 Å². The topological polar surface area (TPSA) is 212 Å². The Morgan fingerprint density at radius 1 is 1.11 bits per heavy atom. The number of aryl methyl sites for hydroxylation is 1. The summed E-state index contributed by atoms with van der Waals surface area (Å²) < 4.78 is 1.52. The van der Waals surface area contributed by atoms with Crippen molar-refractivity contribution < 1.29 is 9.90 Å². The first-order valence-electron chi connectivity index (χ1n) is 12.1. The van der Waals surface area contributed by atoms with E-state index in [9.17, 15) is 9.59 Å². The minimum absolute atomic E-state index is 0.0198. The smallest absolute Gasteiger partial charge is 0.349 e. The van der Waals surface area contributed by atoms with E-state index in [-0.39, 0.29) is 24.4 Å². The summed E-state index contributed by atoms with van der Waals surface area (Å²) in [6.45, 7) is 2.89. The number of aliphatic hydroxyl groups is 1. The molecule has 2 aromatic rings. The molecule has 198 valence electrons. The van der Waals surface area contributed by atoms with E-state index >= 15 is 0 Å². The zero-order valence-electron chi connectivity index (χ0n) is 20.5. The molecule has 0 radical (unpaired) electrons. The van der Waals surface area contributed by atoms with E-state index < -0.39 is 11.6 Å². The van der Waals surface area contributed by atoms with E-state index in [2.05, 4.69) is 30.9 Å². The van der Waals surface area contributed by atoms with Crippen LogP contribution in [0.25, 0.3) is 0 Å². The van der Waals surface area contributed by atoms with Crippen molar-refractivity contribution in [3.63, 3.8) is 0 Å². The van der Waals surface area contributed by atoms with E-state index in [0.29, 0.717) is 37.6 Å². The summed E-state index contributed by atoms with van der Waals surface area (Å²) in [5, 5.41) is 17.9. The first kappa shape index (κ1) is 28.7. The lowest BCUT2D eigenvalue weighted by Gasteiger charge is -2.18. The molecular weight excluding hydrogens is 464 g/mol. The number of rotatable bonds is 17. The fraction of sp³-hybridized carbons (Fsp3) is 0.522. The molecule has 0 aliphatic heterocycles. The van der Waals surface area contributed by atoms with Gasteiger partial charge in [0.1, 0.15) is 11.6 Å². The van der Waals surface area contributed by atoms with Gasteiger partial charge in [0, 0.05) is 38.1 Å². The molecule has 1 unspecified atom stereocenters. The first-order valence-corrected chi connectivity index (χ1v) is 12.1. The molecule has 13 nitrogen and oxygen atoms in total. The Hall–Kier alpha value is -3.55. The number of aliphatic imine (C=N–C) groups is 1. The van der Waals surface area contributed by atoms with Crippen molar-refractivity contribution in [2.45, 2.75) is 44.7 Å². The summed E-state index contributed by atoms with van der Waals surface area (Å²) in [6.07, 6.45) is 7.33. The standard InChI is InChI=1S/C23H38N10O3/c24-9-3-11-27-18(4-1-10-29-22(25)26)5-2-13-33-14-8-20(32-23(33)36)31-21(35)17-6-7-19(30-16-17)28-12-15-34/h6-8,14,16,18,27,34H,1-5,9-13,15,24H2,(H,28,30)(H4,25,26,29)(H,31,32,35,36). The Morgan fingerprint density at radius 2 is 1.92 bits per heavy atom. The quantitative estimate of drug-likeness (QED) is 0.0831. The molecule has 0 saturated heterocycles. The second-order valence-corrected chi connectivity index (χ2v) is 8.21. The van der Waals surface area contributed by atoms with Gasteiger partial charge >= 0.3 is 5.69 Å². The van der Waals surface area contributed by atoms with Crippen LogP contribution in [0.4, 0.5) is 11.6 Å². The van der Waals surface area contributed by atoms with Gasteiger partial charge in [-0.15, -0.1) is 0 Å². The SMILES string of the molecule is NCCCNC(CCCN=C(N)N)CCCn1ccc(NC(=O)c2ccc(NCCO)nc2)nc1=O. The molecule has 2 aromatic heterocycles. The van der Waals surface area contributed by atoms with E-state index in [1.54, 1.807) is 24.4 Å². The van der Waals surface area contributed by atoms with Crippen LogP contribution in [0.1, 0.15) is 42.5 Å². The number of amides is 1. The molecule has 10 N–H and O–H groups in total. The van der Waals surface area contributed by atoms with Crippen LogP contribution < -0.4 is 38.8 Å². The van der Waals surface area contributed by atoms with Crippen LogP contribution >= 0.6 is 0 Å². The molecule has 0 spiro atoms. The van der Waals surface area contributed by atoms with Crippen LogP contribution in [0, 0.1) is 0 Å². The van der Waals surface area contributed by atoms with Crippen molar-refractivity contribution >= 4 is 23.5 Å². The number of nitrogens with two attached hydrogens (primary N) is 3. The maximum Gasteiger partial charge on any atom is 0.349 e. The van der Waals surface area contributed by atoms with Gasteiger partial charge in [0.25, 0.3) is 5.91 Å². The Labute approximate surface area is 210 Å². The van der Waals surface area contributed by atoms with E-state index in [1.807, 2.05) is 0 Å². The number of carbonyl (C=O) groups is 1. The lowest BCUT2D eigenvalue weighted by molar-refractivity contribution is 0.102. The van der Waals surface area contributed by atoms with Crippen molar-refractivity contribution in [3.8, 4) is 0 Å². The Bertz CT molecular complexity index is 1010. The molecule has 36 heavy (non-hydrogen) atoms. The molecule has 2 heterocycles. The average Bonchev–Trinajstić information content (AvgIpc) is 2.86. The highest BCUT2D eigenvalue weighted by atomic mass is 16.3. The number of hydrogen-bond donors (Lipinski definition) is 7. The molecule has 0 aliphatic carbocycles. The number of nitrogens with one attached hydrogen (secondary N) is 3. The minimum atomic E-state index is -0.435. The molecule has 0 saturated carbocycles. The highest BCUT2D eigenvalue weighted by Crippen LogP contribution is 2.09. The van der Waals surface area contributed by atoms with Crippen LogP contribution in [0.2, 0.25) is 0 Å². The van der Waals surface area contributed by atoms with Gasteiger partial charge in [-0.2, -0.15) is 4.98 Å². The zero-order valence-corrected chi connectivity index (χ0v) is 20.5. The fourth-order valence-corrected chi connectivity index (χ4v) is 3.48. The molecule has 1 amide bonds. The van der Waals surface area contributed by atoms with Crippen LogP contribution in [-0.2, 0) is 6.54 Å². The van der Waals surface area contributed by atoms with Crippen LogP contribution in [0.5, 0.6) is 0 Å². The third-order valence-electron chi connectivity index (χ3n) is 5.33. The van der Waals surface area contributed by atoms with Crippen LogP contribution in [-0.4, -0.2) is 70.3 Å². The van der Waals surface area contributed by atoms with Gasteiger partial charge in [-0.05, 0) is 63.4 Å². The van der Waals surface area contributed by atoms with Crippen molar-refractivity contribution in [2.24, 2.45) is 22.2 Å². The number of aliphatic hydroxyl groups excluding tert-OH is 1. The number of nitrogens with zero attached hydrogens (tertiary/aromatic N) is 4. The summed E-state index contributed by atoms with van der Waals surface area (Å²) in [5.74, 6) is 0.389. The van der Waals surface area contributed by atoms with Gasteiger partial charge < -0.3 is 38.3 Å². The summed E-state index contributed by atoms with van der Waals surface area (Å²) in [4.78, 5) is 37.0. The monoisotopic (exact) mass is 502 g/mol. The highest BCUT2D eigenvalue weighted by molar-refractivity contribution is 6.03. The zero-order chi connectivity index (χ0) is 26.2. The summed E-state index contributed by atoms with van der Waals surface area (Å²) in [7, 11) is 0. The maximum absolute atomic E-state index is 12.5. The van der Waals surface area contributed by atoms with Gasteiger partial charge in [-0.3, -0.25) is 14.4 Å². The average molecular weight is 503 g/mol. The minimum Gasteiger partial charge on any atom is -0.395 e. The predicted octanol–water partition coefficient (Wildman–Crippen LogP) is -0.564. The molecule has 13 heteroatoms. The number of hydrogen-bond acceptors (Lipinski definition) is 9. The van der Waals surface area contributed by atoms with E-state index in [0.717, 1.165) is 38.6 Å². The van der Waals surface area contributed by atoms with Crippen molar-refractivity contribution in [1.82, 2.24) is 19.9 Å². The lowest BCUT2D eigenvalue weighted by Crippen LogP contribution is -2.32. The number of anilines is 2. The van der Waals surface area contributed by atoms with Crippen molar-refractivity contribution in [2.75, 3.05) is 43.4 Å². The molecule has 2 rings (SSSR count). The van der Waals surface area contributed by atoms with E-state index in [1.165, 1.54) is 10.8 Å². The summed E-state index contributed by atoms with van der Waals surface area (Å²) in [6, 6.07) is 5.09. The number of aromatic nitrogens is 3. The number of guanidine groups is 1. The lowest BCUT2D eigenvalue weighted by atomic mass is 10.1. The van der Waals surface area contributed by atoms with Gasteiger partial charge in [0.15, 0.2) is 5.96 Å². The third-order valence-corrected chi connectivity index (χ3v) is 5.33. The predicted molar refractivity (Wildman–Crippen MR) is 141 cm³/mol. The van der Waals surface area contributed by atoms with Crippen LogP contribution in [0.3, 0.4) is 0 Å². The van der Waals surface area contributed by atoms with Crippen LogP contribution in [0.15, 0.2) is 40.4 Å². The normalized spacial score (nSPS) is 11.6. The second-order valence-electron chi connectivity index (χ2n) is 8.21. The van der Waals surface area contributed by atoms with Crippen molar-refractivity contribution in [3.05, 3.63) is 46.6 Å². The van der Waals surface area contributed by atoms with Gasteiger partial charge in [0.05, 0.1) is 12.2 Å². The molecule has 1 atom stereocenters. The second kappa shape index (κ2) is 16.2. The highest BCUT2D eigenvalue weighted by Gasteiger charge is 2.11. The maximum atomic E-state index is 12.5. The molecule has 0 aromatic carbocycles. The number of pyridine rings is 1. The Morgan fingerprint density at radius 3 is 2.58 bits per heavy atom. The summed E-state index contributed by atoms with van der Waals surface area (Å²) in [5.41, 5.74) is 16.2. The number of carbonyl (C=O) groups excluding carboxylic acids is 1.